The fourth-order valence-corrected chi connectivity index (χ4v) is 3.51. The minimum atomic E-state index is -0.123. The third-order valence-electron chi connectivity index (χ3n) is 5.39. The van der Waals surface area contributed by atoms with E-state index in [2.05, 4.69) is 44.8 Å². The highest BCUT2D eigenvalue weighted by Gasteiger charge is 2.16. The van der Waals surface area contributed by atoms with Crippen molar-refractivity contribution in [2.45, 2.75) is 32.0 Å². The zero-order chi connectivity index (χ0) is 21.9. The highest BCUT2D eigenvalue weighted by Crippen LogP contribution is 2.17. The van der Waals surface area contributed by atoms with Crippen LogP contribution in [-0.2, 0) is 13.1 Å². The van der Waals surface area contributed by atoms with Gasteiger partial charge in [-0.15, -0.1) is 0 Å². The Morgan fingerprint density at radius 2 is 1.65 bits per heavy atom. The lowest BCUT2D eigenvalue weighted by atomic mass is 10.1. The van der Waals surface area contributed by atoms with Gasteiger partial charge in [-0.3, -0.25) is 9.89 Å². The van der Waals surface area contributed by atoms with Crippen molar-refractivity contribution in [3.63, 3.8) is 0 Å². The molecule has 0 saturated carbocycles. The number of aliphatic hydroxyl groups excluding tert-OH is 1. The standard InChI is InChI=1S/C24H34N4O3/c1-25-24(26-13-16-31-23-9-7-22(30-2)8-10-23)27-17-19-3-5-20(6-4-19)18-28-14-11-21(29)12-15-28/h3-10,21,29H,11-18H2,1-2H3,(H2,25,26,27). The Morgan fingerprint density at radius 3 is 2.29 bits per heavy atom. The van der Waals surface area contributed by atoms with Gasteiger partial charge in [0.25, 0.3) is 0 Å². The summed E-state index contributed by atoms with van der Waals surface area (Å²) in [5, 5.41) is 16.2. The summed E-state index contributed by atoms with van der Waals surface area (Å²) in [4.78, 5) is 6.67. The molecule has 0 unspecified atom stereocenters. The molecule has 1 fully saturated rings. The molecule has 3 N–H and O–H groups in total. The van der Waals surface area contributed by atoms with Crippen LogP contribution in [0.2, 0.25) is 0 Å². The van der Waals surface area contributed by atoms with Crippen molar-refractivity contribution < 1.29 is 14.6 Å². The molecule has 1 heterocycles. The second-order valence-corrected chi connectivity index (χ2v) is 7.70. The number of benzene rings is 2. The van der Waals surface area contributed by atoms with Crippen LogP contribution in [0, 0.1) is 0 Å². The molecule has 0 aromatic heterocycles. The summed E-state index contributed by atoms with van der Waals surface area (Å²) < 4.78 is 10.9. The molecule has 2 aromatic carbocycles. The van der Waals surface area contributed by atoms with Gasteiger partial charge in [0.05, 0.1) is 19.8 Å². The molecule has 0 atom stereocenters. The van der Waals surface area contributed by atoms with Crippen molar-refractivity contribution in [1.29, 1.82) is 0 Å². The second kappa shape index (κ2) is 12.2. The fraction of sp³-hybridized carbons (Fsp3) is 0.458. The Balaban J connectivity index is 1.34. The SMILES string of the molecule is CN=C(NCCOc1ccc(OC)cc1)NCc1ccc(CN2CCC(O)CC2)cc1. The van der Waals surface area contributed by atoms with Crippen LogP contribution in [0.15, 0.2) is 53.5 Å². The fourth-order valence-electron chi connectivity index (χ4n) is 3.51. The molecule has 3 rings (SSSR count). The molecule has 168 valence electrons. The lowest BCUT2D eigenvalue weighted by Gasteiger charge is -2.29. The second-order valence-electron chi connectivity index (χ2n) is 7.70. The van der Waals surface area contributed by atoms with Crippen molar-refractivity contribution in [2.75, 3.05) is 40.4 Å². The predicted molar refractivity (Wildman–Crippen MR) is 124 cm³/mol. The highest BCUT2D eigenvalue weighted by atomic mass is 16.5. The van der Waals surface area contributed by atoms with Crippen molar-refractivity contribution in [3.8, 4) is 11.5 Å². The van der Waals surface area contributed by atoms with Gasteiger partial charge in [-0.2, -0.15) is 0 Å². The lowest BCUT2D eigenvalue weighted by Crippen LogP contribution is -2.38. The van der Waals surface area contributed by atoms with Crippen molar-refractivity contribution in [1.82, 2.24) is 15.5 Å². The number of likely N-dealkylation sites (tertiary alicyclic amines) is 1. The number of guanidine groups is 1. The van der Waals surface area contributed by atoms with Crippen molar-refractivity contribution in [3.05, 3.63) is 59.7 Å². The zero-order valence-corrected chi connectivity index (χ0v) is 18.5. The van der Waals surface area contributed by atoms with Gasteiger partial charge in [0.15, 0.2) is 5.96 Å². The minimum absolute atomic E-state index is 0.123. The topological polar surface area (TPSA) is 78.4 Å². The van der Waals surface area contributed by atoms with Crippen molar-refractivity contribution >= 4 is 5.96 Å². The molecule has 0 amide bonds. The van der Waals surface area contributed by atoms with Crippen LogP contribution in [0.4, 0.5) is 0 Å². The Bertz CT molecular complexity index is 801. The van der Waals surface area contributed by atoms with E-state index in [0.717, 1.165) is 49.9 Å². The third kappa shape index (κ3) is 7.77. The number of hydrogen-bond donors (Lipinski definition) is 3. The molecule has 7 heteroatoms. The first-order valence-corrected chi connectivity index (χ1v) is 10.9. The van der Waals surface area contributed by atoms with Gasteiger partial charge in [-0.05, 0) is 48.2 Å². The Kier molecular flexibility index (Phi) is 8.99. The van der Waals surface area contributed by atoms with Gasteiger partial charge in [0.2, 0.25) is 0 Å². The number of nitrogens with zero attached hydrogens (tertiary/aromatic N) is 2. The summed E-state index contributed by atoms with van der Waals surface area (Å²) in [5.74, 6) is 2.37. The smallest absolute Gasteiger partial charge is 0.191 e. The van der Waals surface area contributed by atoms with Crippen LogP contribution < -0.4 is 20.1 Å². The summed E-state index contributed by atoms with van der Waals surface area (Å²) in [6, 6.07) is 16.2. The van der Waals surface area contributed by atoms with E-state index < -0.39 is 0 Å². The van der Waals surface area contributed by atoms with Gasteiger partial charge in [-0.1, -0.05) is 24.3 Å². The maximum absolute atomic E-state index is 9.63. The largest absolute Gasteiger partial charge is 0.497 e. The summed E-state index contributed by atoms with van der Waals surface area (Å²) in [7, 11) is 3.41. The molecule has 0 radical (unpaired) electrons. The molecular weight excluding hydrogens is 392 g/mol. The first-order valence-electron chi connectivity index (χ1n) is 10.9. The van der Waals surface area contributed by atoms with E-state index in [4.69, 9.17) is 9.47 Å². The Labute approximate surface area is 185 Å². The Morgan fingerprint density at radius 1 is 1.00 bits per heavy atom. The zero-order valence-electron chi connectivity index (χ0n) is 18.5. The van der Waals surface area contributed by atoms with Crippen LogP contribution in [0.1, 0.15) is 24.0 Å². The molecule has 1 saturated heterocycles. The van der Waals surface area contributed by atoms with Gasteiger partial charge in [0, 0.05) is 33.2 Å². The molecule has 0 spiro atoms. The van der Waals surface area contributed by atoms with Gasteiger partial charge in [-0.25, -0.2) is 0 Å². The quantitative estimate of drug-likeness (QED) is 0.325. The maximum atomic E-state index is 9.63. The van der Waals surface area contributed by atoms with E-state index in [9.17, 15) is 5.11 Å². The van der Waals surface area contributed by atoms with E-state index in [1.807, 2.05) is 24.3 Å². The minimum Gasteiger partial charge on any atom is -0.497 e. The Hall–Kier alpha value is -2.77. The monoisotopic (exact) mass is 426 g/mol. The summed E-state index contributed by atoms with van der Waals surface area (Å²) >= 11 is 0. The lowest BCUT2D eigenvalue weighted by molar-refractivity contribution is 0.0792. The summed E-state index contributed by atoms with van der Waals surface area (Å²) in [6.45, 7) is 4.76. The van der Waals surface area contributed by atoms with Crippen LogP contribution >= 0.6 is 0 Å². The third-order valence-corrected chi connectivity index (χ3v) is 5.39. The summed E-state index contributed by atoms with van der Waals surface area (Å²) in [6.07, 6.45) is 1.63. The average molecular weight is 427 g/mol. The number of nitrogens with one attached hydrogen (secondary N) is 2. The van der Waals surface area contributed by atoms with E-state index in [0.29, 0.717) is 19.7 Å². The molecule has 2 aromatic rings. The van der Waals surface area contributed by atoms with Crippen LogP contribution in [0.25, 0.3) is 0 Å². The van der Waals surface area contributed by atoms with E-state index >= 15 is 0 Å². The van der Waals surface area contributed by atoms with Gasteiger partial charge < -0.3 is 25.2 Å². The number of hydrogen-bond acceptors (Lipinski definition) is 5. The van der Waals surface area contributed by atoms with E-state index in [1.54, 1.807) is 14.2 Å². The van der Waals surface area contributed by atoms with E-state index in [1.165, 1.54) is 11.1 Å². The number of rotatable bonds is 9. The van der Waals surface area contributed by atoms with Gasteiger partial charge >= 0.3 is 0 Å². The first kappa shape index (κ1) is 22.9. The first-order chi connectivity index (χ1) is 15.2. The molecule has 0 aliphatic carbocycles. The number of ether oxygens (including phenoxy) is 2. The molecule has 1 aliphatic rings. The maximum Gasteiger partial charge on any atom is 0.191 e. The molecular formula is C24H34N4O3. The summed E-state index contributed by atoms with van der Waals surface area (Å²) in [5.41, 5.74) is 2.51. The van der Waals surface area contributed by atoms with Crippen LogP contribution in [0.5, 0.6) is 11.5 Å². The molecule has 7 nitrogen and oxygen atoms in total. The number of aliphatic imine (C=N–C) groups is 1. The number of aliphatic hydroxyl groups is 1. The molecule has 0 bridgehead atoms. The van der Waals surface area contributed by atoms with E-state index in [-0.39, 0.29) is 6.10 Å². The van der Waals surface area contributed by atoms with Gasteiger partial charge in [0.1, 0.15) is 18.1 Å². The van der Waals surface area contributed by atoms with Crippen molar-refractivity contribution in [2.24, 2.45) is 4.99 Å². The normalized spacial score (nSPS) is 15.5. The van der Waals surface area contributed by atoms with Crippen LogP contribution in [-0.4, -0.2) is 62.5 Å². The average Bonchev–Trinajstić information content (AvgIpc) is 2.81. The van der Waals surface area contributed by atoms with Crippen LogP contribution in [0.3, 0.4) is 0 Å². The molecule has 31 heavy (non-hydrogen) atoms. The highest BCUT2D eigenvalue weighted by molar-refractivity contribution is 5.79. The number of piperidine rings is 1. The number of methoxy groups -OCH3 is 1. The predicted octanol–water partition coefficient (Wildman–Crippen LogP) is 2.40. The molecule has 1 aliphatic heterocycles.